The van der Waals surface area contributed by atoms with Crippen molar-refractivity contribution in [3.63, 3.8) is 0 Å². The Morgan fingerprint density at radius 1 is 1.19 bits per heavy atom. The quantitative estimate of drug-likeness (QED) is 0.831. The molecule has 0 aliphatic rings. The molecule has 0 bridgehead atoms. The summed E-state index contributed by atoms with van der Waals surface area (Å²) < 4.78 is 25.8. The van der Waals surface area contributed by atoms with Gasteiger partial charge in [-0.1, -0.05) is 6.08 Å². The summed E-state index contributed by atoms with van der Waals surface area (Å²) >= 11 is 0. The van der Waals surface area contributed by atoms with Crippen LogP contribution in [0.2, 0.25) is 0 Å². The number of carbonyl (C=O) groups is 1. The zero-order valence-corrected chi connectivity index (χ0v) is 10.9. The molecule has 0 unspecified atom stereocenters. The summed E-state index contributed by atoms with van der Waals surface area (Å²) in [6, 6.07) is 6.12. The predicted molar refractivity (Wildman–Crippen MR) is 75.0 cm³/mol. The summed E-state index contributed by atoms with van der Waals surface area (Å²) in [7, 11) is 0. The minimum Gasteiger partial charge on any atom is -0.365 e. The molecule has 0 aliphatic carbocycles. The maximum absolute atomic E-state index is 13.0. The smallest absolute Gasteiger partial charge is 0.276 e. The molecule has 21 heavy (non-hydrogen) atoms. The number of aromatic nitrogens is 2. The molecule has 2 N–H and O–H groups in total. The van der Waals surface area contributed by atoms with Gasteiger partial charge in [0.2, 0.25) is 0 Å². The lowest BCUT2D eigenvalue weighted by molar-refractivity contribution is 0.102. The van der Waals surface area contributed by atoms with Crippen LogP contribution in [0.15, 0.2) is 43.0 Å². The van der Waals surface area contributed by atoms with Crippen LogP contribution in [0.3, 0.4) is 0 Å². The van der Waals surface area contributed by atoms with Gasteiger partial charge in [0, 0.05) is 18.3 Å². The number of amides is 1. The molecule has 2 aromatic rings. The first-order chi connectivity index (χ1) is 10.1. The third kappa shape index (κ3) is 3.82. The van der Waals surface area contributed by atoms with E-state index in [1.807, 2.05) is 0 Å². The molecule has 2 rings (SSSR count). The van der Waals surface area contributed by atoms with Crippen LogP contribution < -0.4 is 10.6 Å². The van der Waals surface area contributed by atoms with Gasteiger partial charge in [-0.15, -0.1) is 16.8 Å². The summed E-state index contributed by atoms with van der Waals surface area (Å²) in [4.78, 5) is 11.9. The molecule has 0 saturated carbocycles. The van der Waals surface area contributed by atoms with Gasteiger partial charge < -0.3 is 10.6 Å². The van der Waals surface area contributed by atoms with Gasteiger partial charge in [-0.05, 0) is 24.3 Å². The number of nitrogens with zero attached hydrogens (tertiary/aromatic N) is 2. The molecule has 0 atom stereocenters. The summed E-state index contributed by atoms with van der Waals surface area (Å²) in [5, 5.41) is 12.9. The average Bonchev–Trinajstić information content (AvgIpc) is 2.49. The highest BCUT2D eigenvalue weighted by atomic mass is 19.2. The van der Waals surface area contributed by atoms with E-state index in [0.717, 1.165) is 12.1 Å². The monoisotopic (exact) mass is 290 g/mol. The molecular formula is C14H12F2N4O. The highest BCUT2D eigenvalue weighted by molar-refractivity contribution is 6.02. The maximum Gasteiger partial charge on any atom is 0.276 e. The van der Waals surface area contributed by atoms with Gasteiger partial charge in [0.1, 0.15) is 5.82 Å². The largest absolute Gasteiger partial charge is 0.365 e. The van der Waals surface area contributed by atoms with Crippen LogP contribution in [0.25, 0.3) is 0 Å². The highest BCUT2D eigenvalue weighted by Gasteiger charge is 2.10. The Bertz CT molecular complexity index is 659. The van der Waals surface area contributed by atoms with Crippen LogP contribution >= 0.6 is 0 Å². The minimum absolute atomic E-state index is 0.0592. The van der Waals surface area contributed by atoms with Gasteiger partial charge in [-0.25, -0.2) is 8.78 Å². The van der Waals surface area contributed by atoms with Gasteiger partial charge in [0.05, 0.1) is 0 Å². The van der Waals surface area contributed by atoms with Crippen LogP contribution in [0.1, 0.15) is 10.5 Å². The van der Waals surface area contributed by atoms with E-state index in [1.165, 1.54) is 12.1 Å². The Morgan fingerprint density at radius 2 is 2.00 bits per heavy atom. The molecule has 1 amide bonds. The molecule has 1 aromatic heterocycles. The third-order valence-electron chi connectivity index (χ3n) is 2.50. The molecule has 0 fully saturated rings. The summed E-state index contributed by atoms with van der Waals surface area (Å²) in [5.41, 5.74) is 0.193. The third-order valence-corrected chi connectivity index (χ3v) is 2.50. The van der Waals surface area contributed by atoms with Crippen molar-refractivity contribution in [3.8, 4) is 0 Å². The Hall–Kier alpha value is -2.83. The van der Waals surface area contributed by atoms with Gasteiger partial charge in [0.15, 0.2) is 17.3 Å². The molecule has 108 valence electrons. The van der Waals surface area contributed by atoms with E-state index in [1.54, 1.807) is 12.1 Å². The predicted octanol–water partition coefficient (Wildman–Crippen LogP) is 2.61. The second-order valence-electron chi connectivity index (χ2n) is 4.06. The summed E-state index contributed by atoms with van der Waals surface area (Å²) in [5.74, 6) is -2.09. The Balaban J connectivity index is 2.05. The maximum atomic E-state index is 13.0. The van der Waals surface area contributed by atoms with Crippen molar-refractivity contribution in [1.29, 1.82) is 0 Å². The molecule has 7 heteroatoms. The van der Waals surface area contributed by atoms with E-state index >= 15 is 0 Å². The van der Waals surface area contributed by atoms with E-state index in [-0.39, 0.29) is 11.4 Å². The van der Waals surface area contributed by atoms with Crippen molar-refractivity contribution in [2.75, 3.05) is 17.2 Å². The van der Waals surface area contributed by atoms with Crippen LogP contribution in [-0.2, 0) is 0 Å². The van der Waals surface area contributed by atoms with Crippen LogP contribution in [0.5, 0.6) is 0 Å². The number of halogens is 2. The zero-order valence-electron chi connectivity index (χ0n) is 10.9. The van der Waals surface area contributed by atoms with Gasteiger partial charge in [0.25, 0.3) is 5.91 Å². The molecule has 0 saturated heterocycles. The summed E-state index contributed by atoms with van der Waals surface area (Å²) in [6.45, 7) is 4.07. The Kier molecular flexibility index (Phi) is 4.55. The molecule has 1 aromatic carbocycles. The first kappa shape index (κ1) is 14.6. The Labute approximate surface area is 119 Å². The van der Waals surface area contributed by atoms with E-state index in [4.69, 9.17) is 0 Å². The van der Waals surface area contributed by atoms with Crippen molar-refractivity contribution in [3.05, 3.63) is 60.3 Å². The Morgan fingerprint density at radius 3 is 2.62 bits per heavy atom. The van der Waals surface area contributed by atoms with E-state index in [9.17, 15) is 13.6 Å². The van der Waals surface area contributed by atoms with Crippen molar-refractivity contribution in [2.45, 2.75) is 0 Å². The lowest BCUT2D eigenvalue weighted by Gasteiger charge is -2.05. The van der Waals surface area contributed by atoms with Crippen molar-refractivity contribution in [1.82, 2.24) is 10.2 Å². The molecule has 5 nitrogen and oxygen atoms in total. The number of nitrogens with one attached hydrogen (secondary N) is 2. The fraction of sp³-hybridized carbons (Fsp3) is 0.0714. The zero-order chi connectivity index (χ0) is 15.2. The molecule has 0 spiro atoms. The fourth-order valence-corrected chi connectivity index (χ4v) is 1.49. The summed E-state index contributed by atoms with van der Waals surface area (Å²) in [6.07, 6.45) is 1.66. The number of hydrogen-bond acceptors (Lipinski definition) is 4. The standard InChI is InChI=1S/C14H12F2N4O/c1-2-7-17-13-6-5-12(19-20-13)14(21)18-9-3-4-10(15)11(16)8-9/h2-6,8H,1,7H2,(H,17,20)(H,18,21). The van der Waals surface area contributed by atoms with Gasteiger partial charge in [-0.3, -0.25) is 4.79 Å². The first-order valence-corrected chi connectivity index (χ1v) is 6.05. The van der Waals surface area contributed by atoms with E-state index < -0.39 is 17.5 Å². The van der Waals surface area contributed by atoms with Crippen molar-refractivity contribution >= 4 is 17.4 Å². The second-order valence-corrected chi connectivity index (χ2v) is 4.06. The molecule has 0 radical (unpaired) electrons. The normalized spacial score (nSPS) is 10.0. The van der Waals surface area contributed by atoms with E-state index in [2.05, 4.69) is 27.4 Å². The van der Waals surface area contributed by atoms with Crippen LogP contribution in [0.4, 0.5) is 20.3 Å². The number of hydrogen-bond donors (Lipinski definition) is 2. The highest BCUT2D eigenvalue weighted by Crippen LogP contribution is 2.14. The fourth-order valence-electron chi connectivity index (χ4n) is 1.49. The molecule has 1 heterocycles. The number of anilines is 2. The van der Waals surface area contributed by atoms with Crippen LogP contribution in [-0.4, -0.2) is 22.6 Å². The van der Waals surface area contributed by atoms with Crippen molar-refractivity contribution < 1.29 is 13.6 Å². The lowest BCUT2D eigenvalue weighted by atomic mass is 10.3. The number of carbonyl (C=O) groups excluding carboxylic acids is 1. The second kappa shape index (κ2) is 6.56. The number of benzene rings is 1. The topological polar surface area (TPSA) is 66.9 Å². The van der Waals surface area contributed by atoms with Crippen LogP contribution in [0, 0.1) is 11.6 Å². The van der Waals surface area contributed by atoms with Gasteiger partial charge >= 0.3 is 0 Å². The van der Waals surface area contributed by atoms with E-state index in [0.29, 0.717) is 12.4 Å². The minimum atomic E-state index is -1.04. The SMILES string of the molecule is C=CCNc1ccc(C(=O)Nc2ccc(F)c(F)c2)nn1. The lowest BCUT2D eigenvalue weighted by Crippen LogP contribution is -2.15. The average molecular weight is 290 g/mol. The number of rotatable bonds is 5. The molecule has 0 aliphatic heterocycles. The molecular weight excluding hydrogens is 278 g/mol. The first-order valence-electron chi connectivity index (χ1n) is 6.05. The van der Waals surface area contributed by atoms with Crippen molar-refractivity contribution in [2.24, 2.45) is 0 Å². The van der Waals surface area contributed by atoms with Gasteiger partial charge in [-0.2, -0.15) is 0 Å².